The van der Waals surface area contributed by atoms with Crippen LogP contribution in [0.1, 0.15) is 36.8 Å². The maximum Gasteiger partial charge on any atom is 0.0410 e. The smallest absolute Gasteiger partial charge is 0.0410 e. The van der Waals surface area contributed by atoms with Gasteiger partial charge < -0.3 is 0 Å². The van der Waals surface area contributed by atoms with Crippen LogP contribution in [0.5, 0.6) is 0 Å². The van der Waals surface area contributed by atoms with Crippen LogP contribution in [0, 0.1) is 24.7 Å². The van der Waals surface area contributed by atoms with Crippen molar-refractivity contribution < 1.29 is 0 Å². The highest BCUT2D eigenvalue weighted by molar-refractivity contribution is 6.21. The minimum Gasteiger partial charge on any atom is -0.122 e. The lowest BCUT2D eigenvalue weighted by Crippen LogP contribution is -2.09. The quantitative estimate of drug-likeness (QED) is 0.687. The van der Waals surface area contributed by atoms with E-state index in [0.29, 0.717) is 5.38 Å². The first-order valence-corrected chi connectivity index (χ1v) is 7.39. The average molecular weight is 249 g/mol. The molecule has 0 spiro atoms. The Morgan fingerprint density at radius 3 is 2.47 bits per heavy atom. The first-order valence-electron chi connectivity index (χ1n) is 6.96. The molecule has 0 radical (unpaired) electrons. The van der Waals surface area contributed by atoms with Gasteiger partial charge in [-0.3, -0.25) is 0 Å². The second kappa shape index (κ2) is 4.65. The molecule has 1 heteroatoms. The van der Waals surface area contributed by atoms with Crippen molar-refractivity contribution in [2.45, 2.75) is 44.4 Å². The van der Waals surface area contributed by atoms with Crippen LogP contribution in [-0.2, 0) is 6.42 Å². The molecule has 92 valence electrons. The first-order chi connectivity index (χ1) is 8.27. The van der Waals surface area contributed by atoms with Crippen molar-refractivity contribution in [1.82, 2.24) is 0 Å². The summed E-state index contributed by atoms with van der Waals surface area (Å²) in [5.74, 6) is 2.75. The molecule has 2 saturated carbocycles. The molecule has 0 amide bonds. The van der Waals surface area contributed by atoms with Crippen molar-refractivity contribution >= 4 is 11.6 Å². The van der Waals surface area contributed by atoms with Crippen LogP contribution in [-0.4, -0.2) is 5.38 Å². The summed E-state index contributed by atoms with van der Waals surface area (Å²) < 4.78 is 0. The van der Waals surface area contributed by atoms with Crippen molar-refractivity contribution in [3.8, 4) is 0 Å². The van der Waals surface area contributed by atoms with Gasteiger partial charge >= 0.3 is 0 Å². The third-order valence-corrected chi connectivity index (χ3v) is 5.26. The Labute approximate surface area is 109 Å². The Hall–Kier alpha value is -0.490. The molecule has 2 fully saturated rings. The van der Waals surface area contributed by atoms with E-state index in [9.17, 15) is 0 Å². The highest BCUT2D eigenvalue weighted by Crippen LogP contribution is 2.58. The number of fused-ring (bicyclic) bond motifs is 1. The fourth-order valence-electron chi connectivity index (χ4n) is 3.77. The molecular weight excluding hydrogens is 228 g/mol. The lowest BCUT2D eigenvalue weighted by atomic mass is 10.0. The molecule has 3 unspecified atom stereocenters. The number of hydrogen-bond donors (Lipinski definition) is 0. The fraction of sp³-hybridized carbons (Fsp3) is 0.625. The summed E-state index contributed by atoms with van der Waals surface area (Å²) in [6.07, 6.45) is 6.81. The molecule has 0 heterocycles. The summed E-state index contributed by atoms with van der Waals surface area (Å²) in [4.78, 5) is 0. The zero-order valence-corrected chi connectivity index (χ0v) is 11.3. The van der Waals surface area contributed by atoms with Crippen LogP contribution < -0.4 is 0 Å². The van der Waals surface area contributed by atoms with Gasteiger partial charge in [-0.05, 0) is 55.1 Å². The molecule has 2 aliphatic carbocycles. The average Bonchev–Trinajstić information content (AvgIpc) is 3.06. The zero-order chi connectivity index (χ0) is 11.8. The van der Waals surface area contributed by atoms with Gasteiger partial charge in [0.05, 0.1) is 0 Å². The number of rotatable bonds is 3. The summed E-state index contributed by atoms with van der Waals surface area (Å²) in [5.41, 5.74) is 2.83. The van der Waals surface area contributed by atoms with E-state index in [2.05, 4.69) is 31.2 Å². The summed E-state index contributed by atoms with van der Waals surface area (Å²) in [5, 5.41) is 0.365. The maximum absolute atomic E-state index is 6.66. The molecule has 0 saturated heterocycles. The summed E-state index contributed by atoms with van der Waals surface area (Å²) >= 11 is 6.66. The van der Waals surface area contributed by atoms with Crippen molar-refractivity contribution in [3.05, 3.63) is 35.4 Å². The highest BCUT2D eigenvalue weighted by Gasteiger charge is 2.53. The predicted octanol–water partition coefficient (Wildman–Crippen LogP) is 4.58. The van der Waals surface area contributed by atoms with Gasteiger partial charge in [0.15, 0.2) is 0 Å². The van der Waals surface area contributed by atoms with Crippen LogP contribution in [0.3, 0.4) is 0 Å². The Balaban J connectivity index is 1.64. The molecule has 0 N–H and O–H groups in total. The van der Waals surface area contributed by atoms with E-state index in [4.69, 9.17) is 11.6 Å². The minimum atomic E-state index is 0.365. The molecule has 1 aromatic rings. The van der Waals surface area contributed by atoms with Gasteiger partial charge in [0.1, 0.15) is 0 Å². The summed E-state index contributed by atoms with van der Waals surface area (Å²) in [6.45, 7) is 2.19. The molecule has 1 aromatic carbocycles. The molecule has 0 bridgehead atoms. The van der Waals surface area contributed by atoms with Gasteiger partial charge in [0.2, 0.25) is 0 Å². The monoisotopic (exact) mass is 248 g/mol. The lowest BCUT2D eigenvalue weighted by molar-refractivity contribution is 0.480. The van der Waals surface area contributed by atoms with Crippen LogP contribution >= 0.6 is 11.6 Å². The summed E-state index contributed by atoms with van der Waals surface area (Å²) in [7, 11) is 0. The van der Waals surface area contributed by atoms with E-state index in [1.807, 2.05) is 0 Å². The third-order valence-electron chi connectivity index (χ3n) is 4.82. The molecule has 0 aromatic heterocycles. The van der Waals surface area contributed by atoms with Gasteiger partial charge in [-0.15, -0.1) is 11.6 Å². The second-order valence-electron chi connectivity index (χ2n) is 5.84. The molecule has 3 rings (SSSR count). The van der Waals surface area contributed by atoms with Gasteiger partial charge in [0.25, 0.3) is 0 Å². The molecule has 2 aliphatic rings. The van der Waals surface area contributed by atoms with E-state index in [0.717, 1.165) is 24.2 Å². The molecule has 0 aliphatic heterocycles. The van der Waals surface area contributed by atoms with E-state index < -0.39 is 0 Å². The van der Waals surface area contributed by atoms with E-state index >= 15 is 0 Å². The Morgan fingerprint density at radius 1 is 1.18 bits per heavy atom. The molecule has 3 atom stereocenters. The van der Waals surface area contributed by atoms with Gasteiger partial charge in [-0.2, -0.15) is 0 Å². The summed E-state index contributed by atoms with van der Waals surface area (Å²) in [6, 6.07) is 8.67. The normalized spacial score (nSPS) is 32.9. The Bertz CT molecular complexity index is 386. The highest BCUT2D eigenvalue weighted by atomic mass is 35.5. The zero-order valence-electron chi connectivity index (χ0n) is 10.5. The number of halogens is 1. The van der Waals surface area contributed by atoms with E-state index in [1.165, 1.54) is 36.8 Å². The van der Waals surface area contributed by atoms with Crippen LogP contribution in [0.4, 0.5) is 0 Å². The van der Waals surface area contributed by atoms with Gasteiger partial charge in [0, 0.05) is 5.38 Å². The molecule has 0 nitrogen and oxygen atoms in total. The number of aryl methyl sites for hydroxylation is 1. The van der Waals surface area contributed by atoms with Crippen molar-refractivity contribution in [3.63, 3.8) is 0 Å². The fourth-order valence-corrected chi connectivity index (χ4v) is 4.31. The van der Waals surface area contributed by atoms with Crippen molar-refractivity contribution in [2.75, 3.05) is 0 Å². The largest absolute Gasteiger partial charge is 0.122 e. The number of alkyl halides is 1. The van der Waals surface area contributed by atoms with E-state index in [1.54, 1.807) is 0 Å². The van der Waals surface area contributed by atoms with Gasteiger partial charge in [-0.1, -0.05) is 37.1 Å². The second-order valence-corrected chi connectivity index (χ2v) is 6.40. The third kappa shape index (κ3) is 2.25. The topological polar surface area (TPSA) is 0 Å². The van der Waals surface area contributed by atoms with E-state index in [-0.39, 0.29) is 0 Å². The first kappa shape index (κ1) is 11.6. The van der Waals surface area contributed by atoms with Crippen molar-refractivity contribution in [1.29, 1.82) is 0 Å². The predicted molar refractivity (Wildman–Crippen MR) is 73.5 cm³/mol. The standard InChI is InChI=1S/C16H21Cl/c1-11-6-2-3-7-12(11)10-15(17)16-13-8-4-5-9-14(13)16/h2-3,6-7,13-16H,4-5,8-10H2,1H3. The Morgan fingerprint density at radius 2 is 1.82 bits per heavy atom. The molecule has 17 heavy (non-hydrogen) atoms. The van der Waals surface area contributed by atoms with Crippen molar-refractivity contribution in [2.24, 2.45) is 17.8 Å². The van der Waals surface area contributed by atoms with Crippen LogP contribution in [0.15, 0.2) is 24.3 Å². The Kier molecular flexibility index (Phi) is 3.17. The number of benzene rings is 1. The van der Waals surface area contributed by atoms with Crippen LogP contribution in [0.2, 0.25) is 0 Å². The molecular formula is C16H21Cl. The van der Waals surface area contributed by atoms with Gasteiger partial charge in [-0.25, -0.2) is 0 Å². The SMILES string of the molecule is Cc1ccccc1CC(Cl)C1C2CCCCC21. The lowest BCUT2D eigenvalue weighted by Gasteiger charge is -2.11. The minimum absolute atomic E-state index is 0.365. The van der Waals surface area contributed by atoms with Crippen LogP contribution in [0.25, 0.3) is 0 Å². The maximum atomic E-state index is 6.66. The number of hydrogen-bond acceptors (Lipinski definition) is 0.